The summed E-state index contributed by atoms with van der Waals surface area (Å²) >= 11 is 1.24. The number of hydrogen-bond acceptors (Lipinski definition) is 7. The first-order valence-corrected chi connectivity index (χ1v) is 6.70. The number of nitrogens with one attached hydrogen (secondary N) is 1. The number of hydrogen-bond donors (Lipinski definition) is 2. The highest BCUT2D eigenvalue weighted by atomic mass is 32.1. The fourth-order valence-corrected chi connectivity index (χ4v) is 2.73. The van der Waals surface area contributed by atoms with Crippen LogP contribution >= 0.6 is 11.5 Å². The van der Waals surface area contributed by atoms with Gasteiger partial charge in [0.15, 0.2) is 5.82 Å². The van der Waals surface area contributed by atoms with Crippen LogP contribution in [0.15, 0.2) is 0 Å². The van der Waals surface area contributed by atoms with Gasteiger partial charge in [-0.25, -0.2) is 0 Å². The molecule has 18 heavy (non-hydrogen) atoms. The van der Waals surface area contributed by atoms with Crippen LogP contribution < -0.4 is 11.1 Å². The standard InChI is InChI=1S/C11H17N5OS/c1-8(7-16-2-4-17-5-3-16)14-11-9(6-12)10(13)15-18-11/h8,14H,2-5,7H2,1H3,(H2,13,15). The lowest BCUT2D eigenvalue weighted by Gasteiger charge is -2.29. The summed E-state index contributed by atoms with van der Waals surface area (Å²) in [5.74, 6) is 0.309. The molecule has 7 heteroatoms. The Morgan fingerprint density at radius 1 is 1.61 bits per heavy atom. The number of anilines is 2. The highest BCUT2D eigenvalue weighted by Gasteiger charge is 2.16. The molecule has 1 aromatic heterocycles. The van der Waals surface area contributed by atoms with E-state index in [1.165, 1.54) is 11.5 Å². The highest BCUT2D eigenvalue weighted by Crippen LogP contribution is 2.26. The highest BCUT2D eigenvalue weighted by molar-refractivity contribution is 7.10. The van der Waals surface area contributed by atoms with Gasteiger partial charge in [-0.1, -0.05) is 0 Å². The van der Waals surface area contributed by atoms with E-state index in [1.54, 1.807) is 0 Å². The van der Waals surface area contributed by atoms with Crippen LogP contribution in [0.2, 0.25) is 0 Å². The maximum absolute atomic E-state index is 8.99. The Kier molecular flexibility index (Phi) is 4.36. The normalized spacial score (nSPS) is 18.2. The van der Waals surface area contributed by atoms with Crippen molar-refractivity contribution >= 4 is 22.4 Å². The first kappa shape index (κ1) is 13.1. The molecule has 0 bridgehead atoms. The molecule has 1 fully saturated rings. The predicted octanol–water partition coefficient (Wildman–Crippen LogP) is 0.730. The van der Waals surface area contributed by atoms with Crippen LogP contribution in [0.1, 0.15) is 12.5 Å². The maximum atomic E-state index is 8.99. The Balaban J connectivity index is 1.90. The van der Waals surface area contributed by atoms with Crippen LogP contribution in [-0.2, 0) is 4.74 Å². The number of aromatic nitrogens is 1. The number of nitrogen functional groups attached to an aromatic ring is 1. The van der Waals surface area contributed by atoms with Crippen molar-refractivity contribution < 1.29 is 4.74 Å². The molecule has 0 saturated carbocycles. The zero-order valence-corrected chi connectivity index (χ0v) is 11.2. The van der Waals surface area contributed by atoms with Crippen molar-refractivity contribution in [3.8, 4) is 6.07 Å². The summed E-state index contributed by atoms with van der Waals surface area (Å²) in [5, 5.41) is 13.1. The molecule has 0 aliphatic carbocycles. The van der Waals surface area contributed by atoms with E-state index in [0.717, 1.165) is 37.8 Å². The van der Waals surface area contributed by atoms with Crippen molar-refractivity contribution in [3.05, 3.63) is 5.56 Å². The minimum Gasteiger partial charge on any atom is -0.382 e. The SMILES string of the molecule is CC(CN1CCOCC1)Nc1snc(N)c1C#N. The van der Waals surface area contributed by atoms with Gasteiger partial charge in [0, 0.05) is 25.7 Å². The quantitative estimate of drug-likeness (QED) is 0.836. The molecule has 2 heterocycles. The molecule has 1 unspecified atom stereocenters. The molecule has 1 aliphatic heterocycles. The third-order valence-electron chi connectivity index (χ3n) is 2.84. The van der Waals surface area contributed by atoms with Gasteiger partial charge in [0.05, 0.1) is 13.2 Å². The fourth-order valence-electron chi connectivity index (χ4n) is 1.95. The summed E-state index contributed by atoms with van der Waals surface area (Å²) in [6, 6.07) is 2.33. The van der Waals surface area contributed by atoms with Crippen LogP contribution in [0.3, 0.4) is 0 Å². The van der Waals surface area contributed by atoms with E-state index in [-0.39, 0.29) is 6.04 Å². The molecule has 1 aromatic rings. The Morgan fingerprint density at radius 2 is 2.33 bits per heavy atom. The van der Waals surface area contributed by atoms with Gasteiger partial charge in [0.25, 0.3) is 0 Å². The molecule has 2 rings (SSSR count). The molecule has 0 aromatic carbocycles. The second-order valence-corrected chi connectivity index (χ2v) is 5.12. The number of nitrogens with two attached hydrogens (primary N) is 1. The van der Waals surface area contributed by atoms with Crippen LogP contribution in [-0.4, -0.2) is 48.2 Å². The Hall–Kier alpha value is -1.36. The van der Waals surface area contributed by atoms with E-state index in [1.807, 2.05) is 0 Å². The lowest BCUT2D eigenvalue weighted by molar-refractivity contribution is 0.0368. The van der Waals surface area contributed by atoms with Gasteiger partial charge >= 0.3 is 0 Å². The number of rotatable bonds is 4. The fraction of sp³-hybridized carbons (Fsp3) is 0.636. The minimum absolute atomic E-state index is 0.245. The van der Waals surface area contributed by atoms with Crippen molar-refractivity contribution in [2.75, 3.05) is 43.9 Å². The van der Waals surface area contributed by atoms with Crippen molar-refractivity contribution in [2.24, 2.45) is 0 Å². The van der Waals surface area contributed by atoms with E-state index in [2.05, 4.69) is 27.6 Å². The van der Waals surface area contributed by atoms with Gasteiger partial charge in [-0.05, 0) is 18.5 Å². The summed E-state index contributed by atoms with van der Waals surface area (Å²) < 4.78 is 9.30. The summed E-state index contributed by atoms with van der Waals surface area (Å²) in [6.07, 6.45) is 0. The molecule has 0 amide bonds. The maximum Gasteiger partial charge on any atom is 0.157 e. The Morgan fingerprint density at radius 3 is 3.00 bits per heavy atom. The molecular weight excluding hydrogens is 250 g/mol. The molecule has 1 atom stereocenters. The van der Waals surface area contributed by atoms with Crippen molar-refractivity contribution in [1.29, 1.82) is 5.26 Å². The van der Waals surface area contributed by atoms with Crippen LogP contribution in [0.4, 0.5) is 10.8 Å². The molecule has 3 N–H and O–H groups in total. The van der Waals surface area contributed by atoms with Crippen molar-refractivity contribution in [1.82, 2.24) is 9.27 Å². The molecular formula is C11H17N5OS. The average Bonchev–Trinajstić information content (AvgIpc) is 2.71. The first-order valence-electron chi connectivity index (χ1n) is 5.92. The third-order valence-corrected chi connectivity index (χ3v) is 3.64. The second kappa shape index (κ2) is 6.00. The van der Waals surface area contributed by atoms with E-state index >= 15 is 0 Å². The van der Waals surface area contributed by atoms with E-state index in [4.69, 9.17) is 15.7 Å². The minimum atomic E-state index is 0.245. The summed E-state index contributed by atoms with van der Waals surface area (Å²) in [5.41, 5.74) is 6.07. The zero-order valence-electron chi connectivity index (χ0n) is 10.3. The first-order chi connectivity index (χ1) is 8.70. The van der Waals surface area contributed by atoms with Crippen LogP contribution in [0.5, 0.6) is 0 Å². The largest absolute Gasteiger partial charge is 0.382 e. The van der Waals surface area contributed by atoms with Crippen molar-refractivity contribution in [3.63, 3.8) is 0 Å². The zero-order chi connectivity index (χ0) is 13.0. The van der Waals surface area contributed by atoms with Crippen molar-refractivity contribution in [2.45, 2.75) is 13.0 Å². The topological polar surface area (TPSA) is 87.2 Å². The van der Waals surface area contributed by atoms with E-state index < -0.39 is 0 Å². The van der Waals surface area contributed by atoms with E-state index in [0.29, 0.717) is 11.4 Å². The van der Waals surface area contributed by atoms with Gasteiger partial charge < -0.3 is 15.8 Å². The second-order valence-electron chi connectivity index (χ2n) is 4.34. The molecule has 98 valence electrons. The summed E-state index contributed by atoms with van der Waals surface area (Å²) in [4.78, 5) is 2.34. The molecule has 6 nitrogen and oxygen atoms in total. The van der Waals surface area contributed by atoms with Gasteiger partial charge in [-0.15, -0.1) is 0 Å². The van der Waals surface area contributed by atoms with Gasteiger partial charge in [0.2, 0.25) is 0 Å². The van der Waals surface area contributed by atoms with Gasteiger partial charge in [-0.2, -0.15) is 9.64 Å². The number of morpholine rings is 1. The summed E-state index contributed by atoms with van der Waals surface area (Å²) in [6.45, 7) is 6.52. The molecule has 1 aliphatic rings. The lowest BCUT2D eigenvalue weighted by Crippen LogP contribution is -2.42. The third kappa shape index (κ3) is 3.10. The molecule has 0 radical (unpaired) electrons. The van der Waals surface area contributed by atoms with Crippen LogP contribution in [0.25, 0.3) is 0 Å². The Bertz CT molecular complexity index is 435. The molecule has 1 saturated heterocycles. The average molecular weight is 267 g/mol. The smallest absolute Gasteiger partial charge is 0.157 e. The Labute approximate surface area is 111 Å². The number of nitrogens with zero attached hydrogens (tertiary/aromatic N) is 3. The van der Waals surface area contributed by atoms with Gasteiger partial charge in [0.1, 0.15) is 16.6 Å². The number of nitriles is 1. The predicted molar refractivity (Wildman–Crippen MR) is 71.6 cm³/mol. The van der Waals surface area contributed by atoms with Crippen LogP contribution in [0, 0.1) is 11.3 Å². The van der Waals surface area contributed by atoms with E-state index in [9.17, 15) is 0 Å². The lowest BCUT2D eigenvalue weighted by atomic mass is 10.2. The summed E-state index contributed by atoms with van der Waals surface area (Å²) in [7, 11) is 0. The monoisotopic (exact) mass is 267 g/mol. The number of ether oxygens (including phenoxy) is 1. The van der Waals surface area contributed by atoms with Gasteiger partial charge in [-0.3, -0.25) is 4.90 Å². The molecule has 0 spiro atoms.